The van der Waals surface area contributed by atoms with Crippen molar-refractivity contribution in [3.8, 4) is 0 Å². The molecule has 0 aliphatic heterocycles. The summed E-state index contributed by atoms with van der Waals surface area (Å²) in [7, 11) is 0. The Balaban J connectivity index is 2.05. The van der Waals surface area contributed by atoms with Crippen LogP contribution in [0.2, 0.25) is 0 Å². The van der Waals surface area contributed by atoms with Crippen molar-refractivity contribution < 1.29 is 4.79 Å². The second kappa shape index (κ2) is 7.84. The van der Waals surface area contributed by atoms with Gasteiger partial charge in [0, 0.05) is 11.4 Å². The molecule has 3 heteroatoms. The molecule has 0 aromatic heterocycles. The maximum absolute atomic E-state index is 12.7. The SMILES string of the molecule is CCC(C)C(C(=O)NC1CCC(Cl)CC1)c1ccccc1. The summed E-state index contributed by atoms with van der Waals surface area (Å²) in [5.74, 6) is 0.468. The van der Waals surface area contributed by atoms with Crippen LogP contribution in [-0.2, 0) is 4.79 Å². The van der Waals surface area contributed by atoms with Gasteiger partial charge < -0.3 is 5.32 Å². The van der Waals surface area contributed by atoms with Gasteiger partial charge in [-0.2, -0.15) is 0 Å². The molecule has 0 bridgehead atoms. The van der Waals surface area contributed by atoms with E-state index in [9.17, 15) is 4.79 Å². The van der Waals surface area contributed by atoms with E-state index in [0.717, 1.165) is 37.7 Å². The first kappa shape index (κ1) is 16.4. The smallest absolute Gasteiger partial charge is 0.228 e. The Hall–Kier alpha value is -1.02. The lowest BCUT2D eigenvalue weighted by atomic mass is 9.84. The number of hydrogen-bond acceptors (Lipinski definition) is 1. The van der Waals surface area contributed by atoms with Gasteiger partial charge in [-0.3, -0.25) is 4.79 Å². The maximum atomic E-state index is 12.7. The van der Waals surface area contributed by atoms with Crippen LogP contribution in [0.3, 0.4) is 0 Å². The molecule has 1 fully saturated rings. The van der Waals surface area contributed by atoms with E-state index < -0.39 is 0 Å². The van der Waals surface area contributed by atoms with Crippen LogP contribution >= 0.6 is 11.6 Å². The molecule has 1 aromatic carbocycles. The summed E-state index contributed by atoms with van der Waals surface area (Å²) in [5.41, 5.74) is 1.12. The Morgan fingerprint density at radius 2 is 1.86 bits per heavy atom. The number of halogens is 1. The first-order valence-electron chi connectivity index (χ1n) is 8.11. The standard InChI is InChI=1S/C18H26ClNO/c1-3-13(2)17(14-7-5-4-6-8-14)18(21)20-16-11-9-15(19)10-12-16/h4-8,13,15-17H,3,9-12H2,1-2H3,(H,20,21). The van der Waals surface area contributed by atoms with Gasteiger partial charge in [-0.15, -0.1) is 11.6 Å². The highest BCUT2D eigenvalue weighted by Gasteiger charge is 2.28. The van der Waals surface area contributed by atoms with Crippen LogP contribution < -0.4 is 5.32 Å². The number of benzene rings is 1. The van der Waals surface area contributed by atoms with Crippen LogP contribution in [0.25, 0.3) is 0 Å². The molecule has 0 spiro atoms. The fraction of sp³-hybridized carbons (Fsp3) is 0.611. The fourth-order valence-electron chi connectivity index (χ4n) is 3.12. The molecular weight excluding hydrogens is 282 g/mol. The number of carbonyl (C=O) groups excluding carboxylic acids is 1. The van der Waals surface area contributed by atoms with Gasteiger partial charge in [0.1, 0.15) is 0 Å². The molecule has 1 saturated carbocycles. The van der Waals surface area contributed by atoms with Crippen molar-refractivity contribution in [3.63, 3.8) is 0 Å². The minimum atomic E-state index is -0.0510. The normalized spacial score (nSPS) is 25.1. The number of nitrogens with one attached hydrogen (secondary N) is 1. The third kappa shape index (κ3) is 4.47. The van der Waals surface area contributed by atoms with Crippen molar-refractivity contribution in [2.75, 3.05) is 0 Å². The molecule has 1 aliphatic carbocycles. The molecule has 116 valence electrons. The molecule has 1 amide bonds. The quantitative estimate of drug-likeness (QED) is 0.798. The Morgan fingerprint density at radius 1 is 1.24 bits per heavy atom. The number of carbonyl (C=O) groups is 1. The third-order valence-electron chi connectivity index (χ3n) is 4.66. The Bertz CT molecular complexity index is 440. The van der Waals surface area contributed by atoms with Crippen LogP contribution in [0, 0.1) is 5.92 Å². The maximum Gasteiger partial charge on any atom is 0.228 e. The lowest BCUT2D eigenvalue weighted by molar-refractivity contribution is -0.124. The van der Waals surface area contributed by atoms with Gasteiger partial charge >= 0.3 is 0 Å². The van der Waals surface area contributed by atoms with E-state index >= 15 is 0 Å². The van der Waals surface area contributed by atoms with E-state index in [1.807, 2.05) is 18.2 Å². The number of hydrogen-bond donors (Lipinski definition) is 1. The summed E-state index contributed by atoms with van der Waals surface area (Å²) in [6, 6.07) is 10.4. The van der Waals surface area contributed by atoms with Crippen LogP contribution in [0.5, 0.6) is 0 Å². The third-order valence-corrected chi connectivity index (χ3v) is 5.09. The highest BCUT2D eigenvalue weighted by atomic mass is 35.5. The average molecular weight is 308 g/mol. The molecule has 21 heavy (non-hydrogen) atoms. The summed E-state index contributed by atoms with van der Waals surface area (Å²) < 4.78 is 0. The zero-order chi connectivity index (χ0) is 15.2. The average Bonchev–Trinajstić information content (AvgIpc) is 2.50. The molecule has 1 aliphatic rings. The molecule has 2 atom stereocenters. The van der Waals surface area contributed by atoms with Crippen molar-refractivity contribution in [1.82, 2.24) is 5.32 Å². The van der Waals surface area contributed by atoms with Crippen molar-refractivity contribution in [2.24, 2.45) is 5.92 Å². The van der Waals surface area contributed by atoms with Gasteiger partial charge in [0.2, 0.25) is 5.91 Å². The van der Waals surface area contributed by atoms with Gasteiger partial charge in [-0.05, 0) is 37.2 Å². The predicted molar refractivity (Wildman–Crippen MR) is 88.7 cm³/mol. The topological polar surface area (TPSA) is 29.1 Å². The summed E-state index contributed by atoms with van der Waals surface area (Å²) in [5, 5.41) is 3.55. The van der Waals surface area contributed by atoms with Gasteiger partial charge in [0.25, 0.3) is 0 Å². The lowest BCUT2D eigenvalue weighted by Gasteiger charge is -2.29. The van der Waals surface area contributed by atoms with Crippen LogP contribution in [0.15, 0.2) is 30.3 Å². The second-order valence-electron chi connectivity index (χ2n) is 6.23. The summed E-state index contributed by atoms with van der Waals surface area (Å²) in [6.45, 7) is 4.31. The Morgan fingerprint density at radius 3 is 2.43 bits per heavy atom. The zero-order valence-electron chi connectivity index (χ0n) is 13.0. The van der Waals surface area contributed by atoms with E-state index in [2.05, 4.69) is 31.3 Å². The highest BCUT2D eigenvalue weighted by Crippen LogP contribution is 2.29. The molecule has 1 aromatic rings. The molecule has 0 saturated heterocycles. The van der Waals surface area contributed by atoms with Crippen LogP contribution in [0.1, 0.15) is 57.4 Å². The number of alkyl halides is 1. The molecule has 2 nitrogen and oxygen atoms in total. The summed E-state index contributed by atoms with van der Waals surface area (Å²) in [6.07, 6.45) is 5.02. The number of amides is 1. The minimum Gasteiger partial charge on any atom is -0.353 e. The van der Waals surface area contributed by atoms with Gasteiger partial charge in [0.15, 0.2) is 0 Å². The van der Waals surface area contributed by atoms with E-state index in [4.69, 9.17) is 11.6 Å². The van der Waals surface area contributed by atoms with Gasteiger partial charge in [-0.1, -0.05) is 50.6 Å². The molecular formula is C18H26ClNO. The molecule has 0 radical (unpaired) electrons. The summed E-state index contributed by atoms with van der Waals surface area (Å²) in [4.78, 5) is 12.7. The molecule has 2 rings (SSSR count). The Labute approximate surface area is 133 Å². The van der Waals surface area contributed by atoms with E-state index in [1.54, 1.807) is 0 Å². The molecule has 2 unspecified atom stereocenters. The van der Waals surface area contributed by atoms with Crippen LogP contribution in [-0.4, -0.2) is 17.3 Å². The Kier molecular flexibility index (Phi) is 6.10. The first-order chi connectivity index (χ1) is 10.1. The fourth-order valence-corrected chi connectivity index (χ4v) is 3.37. The highest BCUT2D eigenvalue weighted by molar-refractivity contribution is 6.20. The van der Waals surface area contributed by atoms with Gasteiger partial charge in [-0.25, -0.2) is 0 Å². The van der Waals surface area contributed by atoms with Crippen molar-refractivity contribution >= 4 is 17.5 Å². The van der Waals surface area contributed by atoms with Crippen molar-refractivity contribution in [1.29, 1.82) is 0 Å². The van der Waals surface area contributed by atoms with E-state index in [0.29, 0.717) is 12.0 Å². The van der Waals surface area contributed by atoms with Crippen molar-refractivity contribution in [3.05, 3.63) is 35.9 Å². The largest absolute Gasteiger partial charge is 0.353 e. The second-order valence-corrected chi connectivity index (χ2v) is 6.85. The zero-order valence-corrected chi connectivity index (χ0v) is 13.8. The van der Waals surface area contributed by atoms with Crippen molar-refractivity contribution in [2.45, 2.75) is 63.3 Å². The van der Waals surface area contributed by atoms with E-state index in [1.165, 1.54) is 0 Å². The molecule has 0 heterocycles. The predicted octanol–water partition coefficient (Wildman–Crippen LogP) is 4.48. The monoisotopic (exact) mass is 307 g/mol. The van der Waals surface area contributed by atoms with E-state index in [-0.39, 0.29) is 17.2 Å². The first-order valence-corrected chi connectivity index (χ1v) is 8.54. The minimum absolute atomic E-state index is 0.0510. The number of rotatable bonds is 5. The summed E-state index contributed by atoms with van der Waals surface area (Å²) >= 11 is 6.14. The lowest BCUT2D eigenvalue weighted by Crippen LogP contribution is -2.41. The van der Waals surface area contributed by atoms with Crippen LogP contribution in [0.4, 0.5) is 0 Å². The molecule has 1 N–H and O–H groups in total. The van der Waals surface area contributed by atoms with Gasteiger partial charge in [0.05, 0.1) is 5.92 Å².